The van der Waals surface area contributed by atoms with Crippen LogP contribution in [-0.4, -0.2) is 4.57 Å². The second-order valence-electron chi connectivity index (χ2n) is 14.4. The van der Waals surface area contributed by atoms with Gasteiger partial charge in [-0.3, -0.25) is 0 Å². The molecule has 0 aliphatic carbocycles. The van der Waals surface area contributed by atoms with E-state index in [1.165, 1.54) is 49.6 Å². The van der Waals surface area contributed by atoms with Crippen molar-refractivity contribution >= 4 is 60.8 Å². The van der Waals surface area contributed by atoms with Crippen molar-refractivity contribution < 1.29 is 4.42 Å². The van der Waals surface area contributed by atoms with Crippen LogP contribution >= 0.6 is 0 Å². The van der Waals surface area contributed by atoms with Crippen LogP contribution in [0.4, 0.5) is 17.1 Å². The molecule has 0 saturated heterocycles. The van der Waals surface area contributed by atoms with Gasteiger partial charge in [0.05, 0.1) is 11.0 Å². The maximum Gasteiger partial charge on any atom is 0.143 e. The highest BCUT2D eigenvalue weighted by atomic mass is 16.3. The maximum absolute atomic E-state index is 6.75. The Balaban J connectivity index is 1.23. The molecule has 0 aliphatic heterocycles. The molecular formula is C51H38N2O. The molecule has 10 rings (SSSR count). The highest BCUT2D eigenvalue weighted by Crippen LogP contribution is 2.45. The summed E-state index contributed by atoms with van der Waals surface area (Å²) in [6, 6.07) is 63.4. The van der Waals surface area contributed by atoms with Gasteiger partial charge in [0.1, 0.15) is 11.2 Å². The lowest BCUT2D eigenvalue weighted by molar-refractivity contribution is 0.670. The van der Waals surface area contributed by atoms with Crippen LogP contribution in [0.1, 0.15) is 16.7 Å². The first kappa shape index (κ1) is 31.9. The zero-order valence-corrected chi connectivity index (χ0v) is 30.5. The standard InChI is InChI=1S/C51H38N2O/c1-33-15-13-19-38(27-33)52(40-28-34(2)50(35(3)29-40)36-16-5-4-6-17-36)41-31-45(51-46(32-41)44-23-9-12-26-49(44)54-51)37-18-14-20-39(30-37)53-47-24-10-7-21-42(47)43-22-8-11-25-48(43)53/h4-32H,1-3H3. The lowest BCUT2D eigenvalue weighted by atomic mass is 9.94. The van der Waals surface area contributed by atoms with Gasteiger partial charge in [0.25, 0.3) is 0 Å². The van der Waals surface area contributed by atoms with Crippen molar-refractivity contribution in [3.8, 4) is 27.9 Å². The summed E-state index contributed by atoms with van der Waals surface area (Å²) < 4.78 is 9.13. The highest BCUT2D eigenvalue weighted by molar-refractivity contribution is 6.12. The molecule has 2 heterocycles. The van der Waals surface area contributed by atoms with Gasteiger partial charge >= 0.3 is 0 Å². The van der Waals surface area contributed by atoms with Crippen molar-refractivity contribution in [2.75, 3.05) is 4.90 Å². The number of nitrogens with zero attached hydrogens (tertiary/aromatic N) is 2. The molecule has 54 heavy (non-hydrogen) atoms. The second kappa shape index (κ2) is 12.7. The minimum absolute atomic E-state index is 0.880. The molecule has 0 amide bonds. The van der Waals surface area contributed by atoms with Crippen LogP contribution < -0.4 is 4.90 Å². The molecule has 3 nitrogen and oxygen atoms in total. The Hall–Kier alpha value is -6.84. The fraction of sp³-hybridized carbons (Fsp3) is 0.0588. The Bertz CT molecular complexity index is 2960. The third-order valence-corrected chi connectivity index (χ3v) is 10.8. The third-order valence-electron chi connectivity index (χ3n) is 10.8. The van der Waals surface area contributed by atoms with Crippen molar-refractivity contribution in [1.82, 2.24) is 4.57 Å². The Kier molecular flexibility index (Phi) is 7.48. The first-order valence-corrected chi connectivity index (χ1v) is 18.6. The average molecular weight is 695 g/mol. The Labute approximate surface area is 315 Å². The fourth-order valence-corrected chi connectivity index (χ4v) is 8.51. The molecule has 0 unspecified atom stereocenters. The number of hydrogen-bond donors (Lipinski definition) is 0. The number of furan rings is 1. The molecule has 0 fully saturated rings. The molecule has 0 saturated carbocycles. The molecule has 2 aromatic heterocycles. The van der Waals surface area contributed by atoms with Gasteiger partial charge < -0.3 is 13.9 Å². The van der Waals surface area contributed by atoms with E-state index in [4.69, 9.17) is 4.42 Å². The summed E-state index contributed by atoms with van der Waals surface area (Å²) in [6.07, 6.45) is 0. The van der Waals surface area contributed by atoms with Crippen LogP contribution in [0.15, 0.2) is 180 Å². The van der Waals surface area contributed by atoms with Gasteiger partial charge in [0, 0.05) is 49.9 Å². The van der Waals surface area contributed by atoms with E-state index in [1.807, 2.05) is 6.07 Å². The maximum atomic E-state index is 6.75. The lowest BCUT2D eigenvalue weighted by Gasteiger charge is -2.28. The van der Waals surface area contributed by atoms with Crippen LogP contribution in [0.25, 0.3) is 71.7 Å². The van der Waals surface area contributed by atoms with Gasteiger partial charge in [-0.2, -0.15) is 0 Å². The predicted octanol–water partition coefficient (Wildman–Crippen LogP) is 14.4. The minimum Gasteiger partial charge on any atom is -0.455 e. The quantitative estimate of drug-likeness (QED) is 0.173. The number of aryl methyl sites for hydroxylation is 3. The molecule has 0 N–H and O–H groups in total. The lowest BCUT2D eigenvalue weighted by Crippen LogP contribution is -2.11. The first-order chi connectivity index (χ1) is 26.5. The number of hydrogen-bond acceptors (Lipinski definition) is 2. The summed E-state index contributed by atoms with van der Waals surface area (Å²) in [5.74, 6) is 0. The molecule has 3 heteroatoms. The summed E-state index contributed by atoms with van der Waals surface area (Å²) in [5.41, 5.74) is 16.9. The van der Waals surface area contributed by atoms with Gasteiger partial charge in [-0.15, -0.1) is 0 Å². The third kappa shape index (κ3) is 5.20. The topological polar surface area (TPSA) is 21.3 Å². The molecule has 10 aromatic rings. The molecule has 8 aromatic carbocycles. The number of anilines is 3. The summed E-state index contributed by atoms with van der Waals surface area (Å²) in [4.78, 5) is 2.41. The molecule has 258 valence electrons. The zero-order chi connectivity index (χ0) is 36.3. The van der Waals surface area contributed by atoms with Crippen LogP contribution in [0, 0.1) is 20.8 Å². The van der Waals surface area contributed by atoms with Gasteiger partial charge in [0.15, 0.2) is 0 Å². The van der Waals surface area contributed by atoms with E-state index < -0.39 is 0 Å². The number of rotatable bonds is 6. The Morgan fingerprint density at radius 2 is 1.06 bits per heavy atom. The fourth-order valence-electron chi connectivity index (χ4n) is 8.51. The average Bonchev–Trinajstić information content (AvgIpc) is 3.74. The van der Waals surface area contributed by atoms with E-state index in [1.54, 1.807) is 0 Å². The summed E-state index contributed by atoms with van der Waals surface area (Å²) >= 11 is 0. The molecule has 0 radical (unpaired) electrons. The second-order valence-corrected chi connectivity index (χ2v) is 14.4. The van der Waals surface area contributed by atoms with Gasteiger partial charge in [-0.1, -0.05) is 109 Å². The number of benzene rings is 8. The van der Waals surface area contributed by atoms with E-state index in [-0.39, 0.29) is 0 Å². The summed E-state index contributed by atoms with van der Waals surface area (Å²) in [6.45, 7) is 6.62. The van der Waals surface area contributed by atoms with Crippen LogP contribution in [0.3, 0.4) is 0 Å². The normalized spacial score (nSPS) is 11.6. The van der Waals surface area contributed by atoms with E-state index >= 15 is 0 Å². The van der Waals surface area contributed by atoms with Gasteiger partial charge in [0.2, 0.25) is 0 Å². The SMILES string of the molecule is Cc1cccc(N(c2cc(C)c(-c3ccccc3)c(C)c2)c2cc(-c3cccc(-n4c5ccccc5c5ccccc54)c3)c3oc4ccccc4c3c2)c1. The molecule has 0 aliphatic rings. The number of aromatic nitrogens is 1. The van der Waals surface area contributed by atoms with E-state index in [0.717, 1.165) is 55.8 Å². The van der Waals surface area contributed by atoms with E-state index in [0.29, 0.717) is 0 Å². The van der Waals surface area contributed by atoms with E-state index in [2.05, 4.69) is 200 Å². The highest BCUT2D eigenvalue weighted by Gasteiger charge is 2.22. The van der Waals surface area contributed by atoms with Gasteiger partial charge in [-0.05, 0) is 121 Å². The van der Waals surface area contributed by atoms with E-state index in [9.17, 15) is 0 Å². The zero-order valence-electron chi connectivity index (χ0n) is 30.5. The van der Waals surface area contributed by atoms with Gasteiger partial charge in [-0.25, -0.2) is 0 Å². The van der Waals surface area contributed by atoms with Crippen molar-refractivity contribution in [3.05, 3.63) is 193 Å². The largest absolute Gasteiger partial charge is 0.455 e. The number of fused-ring (bicyclic) bond motifs is 6. The molecule has 0 spiro atoms. The van der Waals surface area contributed by atoms with Crippen LogP contribution in [-0.2, 0) is 0 Å². The first-order valence-electron chi connectivity index (χ1n) is 18.6. The van der Waals surface area contributed by atoms with Crippen molar-refractivity contribution in [2.45, 2.75) is 20.8 Å². The Morgan fingerprint density at radius 3 is 1.78 bits per heavy atom. The smallest absolute Gasteiger partial charge is 0.143 e. The molecule has 0 atom stereocenters. The van der Waals surface area contributed by atoms with Crippen LogP contribution in [0.5, 0.6) is 0 Å². The van der Waals surface area contributed by atoms with Crippen LogP contribution in [0.2, 0.25) is 0 Å². The van der Waals surface area contributed by atoms with Crippen molar-refractivity contribution in [1.29, 1.82) is 0 Å². The minimum atomic E-state index is 0.880. The number of para-hydroxylation sites is 3. The predicted molar refractivity (Wildman–Crippen MR) is 228 cm³/mol. The van der Waals surface area contributed by atoms with Crippen molar-refractivity contribution in [2.24, 2.45) is 0 Å². The summed E-state index contributed by atoms with van der Waals surface area (Å²) in [5, 5.41) is 4.69. The molecular weight excluding hydrogens is 657 g/mol. The van der Waals surface area contributed by atoms with Crippen molar-refractivity contribution in [3.63, 3.8) is 0 Å². The monoisotopic (exact) mass is 694 g/mol. The summed E-state index contributed by atoms with van der Waals surface area (Å²) in [7, 11) is 0. The Morgan fingerprint density at radius 1 is 0.444 bits per heavy atom. The molecule has 0 bridgehead atoms.